The lowest BCUT2D eigenvalue weighted by Gasteiger charge is -2.19. The van der Waals surface area contributed by atoms with Crippen LogP contribution in [0.15, 0.2) is 54.2 Å². The molecule has 0 aliphatic rings. The number of amides is 1. The topological polar surface area (TPSA) is 69.0 Å². The Balaban J connectivity index is 1.53. The molecule has 1 heterocycles. The number of nitrogens with zero attached hydrogens (tertiary/aromatic N) is 3. The molecule has 0 unspecified atom stereocenters. The fraction of sp³-hybridized carbons (Fsp3) is 0.393. The first-order valence-electron chi connectivity index (χ1n) is 12.0. The van der Waals surface area contributed by atoms with E-state index in [1.54, 1.807) is 6.08 Å². The third-order valence-corrected chi connectivity index (χ3v) is 6.93. The molecule has 0 spiro atoms. The van der Waals surface area contributed by atoms with Crippen LogP contribution in [0.1, 0.15) is 49.7 Å². The van der Waals surface area contributed by atoms with Gasteiger partial charge in [-0.3, -0.25) is 4.79 Å². The van der Waals surface area contributed by atoms with Gasteiger partial charge in [-0.2, -0.15) is 0 Å². The van der Waals surface area contributed by atoms with Gasteiger partial charge in [0, 0.05) is 13.0 Å². The van der Waals surface area contributed by atoms with Gasteiger partial charge < -0.3 is 14.6 Å². The molecule has 6 nitrogen and oxygen atoms in total. The maximum Gasteiger partial charge on any atom is 0.234 e. The van der Waals surface area contributed by atoms with E-state index in [4.69, 9.17) is 16.3 Å². The number of anilines is 1. The Morgan fingerprint density at radius 1 is 1.19 bits per heavy atom. The highest BCUT2D eigenvalue weighted by atomic mass is 35.5. The van der Waals surface area contributed by atoms with Gasteiger partial charge in [0.1, 0.15) is 11.6 Å². The van der Waals surface area contributed by atoms with E-state index in [9.17, 15) is 4.79 Å². The Morgan fingerprint density at radius 2 is 1.92 bits per heavy atom. The molecule has 1 N–H and O–H groups in total. The van der Waals surface area contributed by atoms with Crippen molar-refractivity contribution in [1.82, 2.24) is 14.8 Å². The van der Waals surface area contributed by atoms with Gasteiger partial charge in [0.25, 0.3) is 0 Å². The molecule has 192 valence electrons. The summed E-state index contributed by atoms with van der Waals surface area (Å²) in [6.07, 6.45) is 3.32. The van der Waals surface area contributed by atoms with Gasteiger partial charge in [0.15, 0.2) is 5.16 Å². The van der Waals surface area contributed by atoms with Crippen LogP contribution in [0, 0.1) is 13.8 Å². The number of carbonyl (C=O) groups is 1. The highest BCUT2D eigenvalue weighted by molar-refractivity contribution is 7.99. The van der Waals surface area contributed by atoms with Gasteiger partial charge in [-0.15, -0.1) is 16.8 Å². The standard InChI is InChI=1S/C28H35ClN4O2S/c1-7-14-33-24(9-8-15-35-22-12-10-21(11-13-22)28(4,5)6)31-32-27(33)36-18-25(34)30-26-20(3)16-19(2)17-23(26)29/h7,10-13,16-17H,1,8-9,14-15,18H2,2-6H3,(H,30,34). The van der Waals surface area contributed by atoms with Crippen molar-refractivity contribution in [2.24, 2.45) is 0 Å². The fourth-order valence-electron chi connectivity index (χ4n) is 3.77. The minimum atomic E-state index is -0.144. The van der Waals surface area contributed by atoms with Crippen LogP contribution in [0.5, 0.6) is 5.75 Å². The molecule has 1 aromatic heterocycles. The van der Waals surface area contributed by atoms with Crippen molar-refractivity contribution in [3.63, 3.8) is 0 Å². The molecule has 0 atom stereocenters. The van der Waals surface area contributed by atoms with E-state index in [2.05, 4.69) is 55.0 Å². The van der Waals surface area contributed by atoms with Crippen molar-refractivity contribution < 1.29 is 9.53 Å². The summed E-state index contributed by atoms with van der Waals surface area (Å²) in [7, 11) is 0. The van der Waals surface area contributed by atoms with Crippen LogP contribution in [-0.2, 0) is 23.2 Å². The molecule has 0 aliphatic heterocycles. The molecule has 0 saturated carbocycles. The van der Waals surface area contributed by atoms with Gasteiger partial charge in [0.2, 0.25) is 5.91 Å². The summed E-state index contributed by atoms with van der Waals surface area (Å²) in [6.45, 7) is 15.5. The molecule has 2 aromatic carbocycles. The Kier molecular flexibility index (Phi) is 9.63. The average Bonchev–Trinajstić information content (AvgIpc) is 3.19. The lowest BCUT2D eigenvalue weighted by molar-refractivity contribution is -0.113. The number of allylic oxidation sites excluding steroid dienone is 1. The first-order valence-corrected chi connectivity index (χ1v) is 13.4. The zero-order valence-corrected chi connectivity index (χ0v) is 23.3. The van der Waals surface area contributed by atoms with Crippen molar-refractivity contribution in [2.45, 2.75) is 64.6 Å². The maximum atomic E-state index is 12.6. The van der Waals surface area contributed by atoms with Crippen molar-refractivity contribution in [2.75, 3.05) is 17.7 Å². The summed E-state index contributed by atoms with van der Waals surface area (Å²) in [6, 6.07) is 12.1. The molecular weight excluding hydrogens is 492 g/mol. The lowest BCUT2D eigenvalue weighted by atomic mass is 9.87. The zero-order valence-electron chi connectivity index (χ0n) is 21.7. The number of aromatic nitrogens is 3. The Labute approximate surface area is 223 Å². The van der Waals surface area contributed by atoms with Crippen LogP contribution in [-0.4, -0.2) is 33.0 Å². The molecule has 3 aromatic rings. The fourth-order valence-corrected chi connectivity index (χ4v) is 4.91. The number of nitrogens with one attached hydrogen (secondary N) is 1. The van der Waals surface area contributed by atoms with Crippen LogP contribution in [0.25, 0.3) is 0 Å². The summed E-state index contributed by atoms with van der Waals surface area (Å²) in [4.78, 5) is 12.6. The molecule has 3 rings (SSSR count). The van der Waals surface area contributed by atoms with E-state index in [1.807, 2.05) is 42.7 Å². The van der Waals surface area contributed by atoms with Gasteiger partial charge in [-0.25, -0.2) is 0 Å². The number of hydrogen-bond acceptors (Lipinski definition) is 5. The third-order valence-electron chi connectivity index (χ3n) is 5.67. The largest absolute Gasteiger partial charge is 0.494 e. The second kappa shape index (κ2) is 12.5. The molecule has 0 fully saturated rings. The molecule has 8 heteroatoms. The van der Waals surface area contributed by atoms with Crippen molar-refractivity contribution >= 4 is 35.0 Å². The van der Waals surface area contributed by atoms with Crippen LogP contribution in [0.3, 0.4) is 0 Å². The van der Waals surface area contributed by atoms with Crippen LogP contribution in [0.4, 0.5) is 5.69 Å². The van der Waals surface area contributed by atoms with E-state index >= 15 is 0 Å². The Bertz CT molecular complexity index is 1180. The number of hydrogen-bond donors (Lipinski definition) is 1. The molecule has 1 amide bonds. The summed E-state index contributed by atoms with van der Waals surface area (Å²) < 4.78 is 7.91. The van der Waals surface area contributed by atoms with Gasteiger partial charge in [-0.1, -0.05) is 68.4 Å². The molecule has 0 radical (unpaired) electrons. The first kappa shape index (κ1) is 27.8. The van der Waals surface area contributed by atoms with Crippen LogP contribution < -0.4 is 10.1 Å². The van der Waals surface area contributed by atoms with E-state index in [0.29, 0.717) is 35.4 Å². The maximum absolute atomic E-state index is 12.6. The molecule has 0 bridgehead atoms. The van der Waals surface area contributed by atoms with Gasteiger partial charge >= 0.3 is 0 Å². The molecule has 0 saturated heterocycles. The van der Waals surface area contributed by atoms with Crippen LogP contribution >= 0.6 is 23.4 Å². The number of carbonyl (C=O) groups excluding carboxylic acids is 1. The van der Waals surface area contributed by atoms with E-state index in [1.165, 1.54) is 17.3 Å². The predicted octanol–water partition coefficient (Wildman–Crippen LogP) is 6.77. The third kappa shape index (κ3) is 7.61. The monoisotopic (exact) mass is 526 g/mol. The minimum absolute atomic E-state index is 0.122. The van der Waals surface area contributed by atoms with Crippen molar-refractivity contribution in [3.05, 3.63) is 76.6 Å². The summed E-state index contributed by atoms with van der Waals surface area (Å²) >= 11 is 7.67. The molecule has 36 heavy (non-hydrogen) atoms. The number of benzene rings is 2. The van der Waals surface area contributed by atoms with Gasteiger partial charge in [-0.05, 0) is 60.6 Å². The second-order valence-electron chi connectivity index (χ2n) is 9.80. The SMILES string of the molecule is C=CCn1c(CCCOc2ccc(C(C)(C)C)cc2)nnc1SCC(=O)Nc1c(C)cc(C)cc1Cl. The minimum Gasteiger partial charge on any atom is -0.494 e. The lowest BCUT2D eigenvalue weighted by Crippen LogP contribution is -2.16. The van der Waals surface area contributed by atoms with E-state index in [0.717, 1.165) is 29.1 Å². The van der Waals surface area contributed by atoms with Crippen molar-refractivity contribution in [1.29, 1.82) is 0 Å². The number of halogens is 1. The smallest absolute Gasteiger partial charge is 0.234 e. The van der Waals surface area contributed by atoms with E-state index < -0.39 is 0 Å². The molecule has 0 aliphatic carbocycles. The summed E-state index contributed by atoms with van der Waals surface area (Å²) in [5.74, 6) is 1.77. The highest BCUT2D eigenvalue weighted by Gasteiger charge is 2.16. The number of ether oxygens (including phenoxy) is 1. The van der Waals surface area contributed by atoms with E-state index in [-0.39, 0.29) is 17.1 Å². The normalized spacial score (nSPS) is 11.4. The van der Waals surface area contributed by atoms with Crippen LogP contribution in [0.2, 0.25) is 5.02 Å². The Morgan fingerprint density at radius 3 is 2.56 bits per heavy atom. The van der Waals surface area contributed by atoms with Crippen molar-refractivity contribution in [3.8, 4) is 5.75 Å². The predicted molar refractivity (Wildman–Crippen MR) is 149 cm³/mol. The summed E-state index contributed by atoms with van der Waals surface area (Å²) in [5, 5.41) is 12.8. The number of thioether (sulfide) groups is 1. The average molecular weight is 527 g/mol. The number of aryl methyl sites for hydroxylation is 3. The zero-order chi connectivity index (χ0) is 26.3. The highest BCUT2D eigenvalue weighted by Crippen LogP contribution is 2.28. The van der Waals surface area contributed by atoms with Gasteiger partial charge in [0.05, 0.1) is 23.1 Å². The second-order valence-corrected chi connectivity index (χ2v) is 11.1. The molecular formula is C28H35ClN4O2S. The quantitative estimate of drug-likeness (QED) is 0.169. The Hall–Kier alpha value is -2.77. The number of rotatable bonds is 11. The first-order chi connectivity index (χ1) is 17.1. The summed E-state index contributed by atoms with van der Waals surface area (Å²) in [5.41, 5.74) is 4.04.